The van der Waals surface area contributed by atoms with E-state index in [-0.39, 0.29) is 18.8 Å². The van der Waals surface area contributed by atoms with Crippen molar-refractivity contribution in [2.24, 2.45) is 0 Å². The van der Waals surface area contributed by atoms with Crippen molar-refractivity contribution in [1.82, 2.24) is 0 Å². The van der Waals surface area contributed by atoms with E-state index in [1.54, 1.807) is 0 Å². The van der Waals surface area contributed by atoms with Gasteiger partial charge in [0.05, 0.1) is 38.6 Å². The maximum Gasteiger partial charge on any atom is 0.0781 e. The van der Waals surface area contributed by atoms with Gasteiger partial charge >= 0.3 is 0 Å². The SMILES string of the molecule is CCC(O)COCC(C)OCCO. The predicted octanol–water partition coefficient (Wildman–Crippen LogP) is 0.171. The van der Waals surface area contributed by atoms with Crippen LogP contribution in [0.2, 0.25) is 0 Å². The number of hydrogen-bond donors (Lipinski definition) is 2. The first-order chi connectivity index (χ1) is 6.20. The third-order valence-electron chi connectivity index (χ3n) is 1.63. The standard InChI is InChI=1S/C9H20O4/c1-3-9(11)7-12-6-8(2)13-5-4-10/h8-11H,3-7H2,1-2H3. The lowest BCUT2D eigenvalue weighted by Crippen LogP contribution is -2.22. The molecule has 0 fully saturated rings. The average molecular weight is 192 g/mol. The normalized spacial score (nSPS) is 15.7. The van der Waals surface area contributed by atoms with Gasteiger partial charge in [-0.1, -0.05) is 6.92 Å². The summed E-state index contributed by atoms with van der Waals surface area (Å²) in [6, 6.07) is 0. The molecule has 0 rings (SSSR count). The number of aliphatic hydroxyl groups is 2. The molecule has 80 valence electrons. The van der Waals surface area contributed by atoms with Gasteiger partial charge < -0.3 is 19.7 Å². The highest BCUT2D eigenvalue weighted by Crippen LogP contribution is 1.95. The maximum atomic E-state index is 9.14. The fourth-order valence-electron chi connectivity index (χ4n) is 0.790. The molecule has 0 aromatic heterocycles. The second-order valence-corrected chi connectivity index (χ2v) is 3.00. The Bertz CT molecular complexity index is 108. The van der Waals surface area contributed by atoms with Crippen LogP contribution in [0.25, 0.3) is 0 Å². The predicted molar refractivity (Wildman–Crippen MR) is 49.6 cm³/mol. The van der Waals surface area contributed by atoms with Crippen molar-refractivity contribution < 1.29 is 19.7 Å². The van der Waals surface area contributed by atoms with Crippen LogP contribution in [0.3, 0.4) is 0 Å². The first kappa shape index (κ1) is 12.8. The van der Waals surface area contributed by atoms with E-state index in [4.69, 9.17) is 19.7 Å². The van der Waals surface area contributed by atoms with Gasteiger partial charge in [-0.25, -0.2) is 0 Å². The topological polar surface area (TPSA) is 58.9 Å². The third kappa shape index (κ3) is 8.18. The Hall–Kier alpha value is -0.160. The molecule has 0 aromatic carbocycles. The molecule has 0 aliphatic heterocycles. The van der Waals surface area contributed by atoms with Crippen molar-refractivity contribution in [3.8, 4) is 0 Å². The summed E-state index contributed by atoms with van der Waals surface area (Å²) in [4.78, 5) is 0. The van der Waals surface area contributed by atoms with Crippen LogP contribution in [0.15, 0.2) is 0 Å². The summed E-state index contributed by atoms with van der Waals surface area (Å²) in [6.45, 7) is 4.94. The minimum atomic E-state index is -0.384. The lowest BCUT2D eigenvalue weighted by atomic mass is 10.3. The van der Waals surface area contributed by atoms with E-state index in [0.717, 1.165) is 0 Å². The molecule has 0 saturated carbocycles. The fraction of sp³-hybridized carbons (Fsp3) is 1.00. The minimum Gasteiger partial charge on any atom is -0.394 e. The van der Waals surface area contributed by atoms with Crippen LogP contribution < -0.4 is 0 Å². The van der Waals surface area contributed by atoms with Gasteiger partial charge in [-0.05, 0) is 13.3 Å². The molecule has 0 spiro atoms. The van der Waals surface area contributed by atoms with E-state index in [1.165, 1.54) is 0 Å². The molecule has 0 amide bonds. The second-order valence-electron chi connectivity index (χ2n) is 3.00. The number of ether oxygens (including phenoxy) is 2. The Labute approximate surface area is 79.5 Å². The van der Waals surface area contributed by atoms with Crippen LogP contribution in [0.5, 0.6) is 0 Å². The Morgan fingerprint density at radius 1 is 1.31 bits per heavy atom. The maximum absolute atomic E-state index is 9.14. The average Bonchev–Trinajstić information content (AvgIpc) is 2.14. The van der Waals surface area contributed by atoms with Gasteiger partial charge in [0.15, 0.2) is 0 Å². The molecule has 0 heterocycles. The Morgan fingerprint density at radius 3 is 2.54 bits per heavy atom. The second kappa shape index (κ2) is 8.44. The molecule has 0 saturated heterocycles. The smallest absolute Gasteiger partial charge is 0.0781 e. The summed E-state index contributed by atoms with van der Waals surface area (Å²) in [5.41, 5.74) is 0. The van der Waals surface area contributed by atoms with E-state index in [0.29, 0.717) is 26.2 Å². The fourth-order valence-corrected chi connectivity index (χ4v) is 0.790. The molecular weight excluding hydrogens is 172 g/mol. The number of aliphatic hydroxyl groups excluding tert-OH is 2. The van der Waals surface area contributed by atoms with Crippen LogP contribution in [-0.4, -0.2) is 48.8 Å². The first-order valence-corrected chi connectivity index (χ1v) is 4.69. The minimum absolute atomic E-state index is 0.0297. The summed E-state index contributed by atoms with van der Waals surface area (Å²) in [5.74, 6) is 0. The van der Waals surface area contributed by atoms with Crippen LogP contribution in [0.4, 0.5) is 0 Å². The van der Waals surface area contributed by atoms with Crippen molar-refractivity contribution in [1.29, 1.82) is 0 Å². The molecule has 4 nitrogen and oxygen atoms in total. The first-order valence-electron chi connectivity index (χ1n) is 4.69. The molecule has 13 heavy (non-hydrogen) atoms. The highest BCUT2D eigenvalue weighted by molar-refractivity contribution is 4.51. The quantitative estimate of drug-likeness (QED) is 0.575. The van der Waals surface area contributed by atoms with Gasteiger partial charge in [-0.3, -0.25) is 0 Å². The van der Waals surface area contributed by atoms with Crippen molar-refractivity contribution in [3.05, 3.63) is 0 Å². The monoisotopic (exact) mass is 192 g/mol. The summed E-state index contributed by atoms with van der Waals surface area (Å²) in [7, 11) is 0. The van der Waals surface area contributed by atoms with E-state index in [2.05, 4.69) is 0 Å². The summed E-state index contributed by atoms with van der Waals surface area (Å²) in [5, 5.41) is 17.6. The summed E-state index contributed by atoms with van der Waals surface area (Å²) in [6.07, 6.45) is 0.285. The van der Waals surface area contributed by atoms with Crippen molar-refractivity contribution in [3.63, 3.8) is 0 Å². The lowest BCUT2D eigenvalue weighted by Gasteiger charge is -2.14. The number of hydrogen-bond acceptors (Lipinski definition) is 4. The van der Waals surface area contributed by atoms with Gasteiger partial charge in [0, 0.05) is 0 Å². The molecule has 0 bridgehead atoms. The summed E-state index contributed by atoms with van der Waals surface area (Å²) < 4.78 is 10.3. The molecule has 2 atom stereocenters. The zero-order chi connectivity index (χ0) is 10.1. The van der Waals surface area contributed by atoms with Crippen LogP contribution in [0, 0.1) is 0 Å². The molecule has 4 heteroatoms. The molecule has 2 unspecified atom stereocenters. The van der Waals surface area contributed by atoms with Crippen molar-refractivity contribution in [2.45, 2.75) is 32.5 Å². The Kier molecular flexibility index (Phi) is 8.33. The Morgan fingerprint density at radius 2 is 2.00 bits per heavy atom. The highest BCUT2D eigenvalue weighted by Gasteiger charge is 2.04. The molecule has 0 aliphatic rings. The van der Waals surface area contributed by atoms with Gasteiger partial charge in [-0.2, -0.15) is 0 Å². The van der Waals surface area contributed by atoms with Gasteiger partial charge in [0.25, 0.3) is 0 Å². The van der Waals surface area contributed by atoms with Gasteiger partial charge in [0.2, 0.25) is 0 Å². The molecule has 0 radical (unpaired) electrons. The van der Waals surface area contributed by atoms with E-state index in [1.807, 2.05) is 13.8 Å². The molecule has 2 N–H and O–H groups in total. The summed E-state index contributed by atoms with van der Waals surface area (Å²) >= 11 is 0. The third-order valence-corrected chi connectivity index (χ3v) is 1.63. The van der Waals surface area contributed by atoms with Crippen LogP contribution in [-0.2, 0) is 9.47 Å². The van der Waals surface area contributed by atoms with E-state index in [9.17, 15) is 0 Å². The Balaban J connectivity index is 3.21. The number of rotatable bonds is 8. The zero-order valence-corrected chi connectivity index (χ0v) is 8.40. The molecule has 0 aliphatic carbocycles. The van der Waals surface area contributed by atoms with Crippen molar-refractivity contribution >= 4 is 0 Å². The zero-order valence-electron chi connectivity index (χ0n) is 8.40. The molecular formula is C9H20O4. The lowest BCUT2D eigenvalue weighted by molar-refractivity contribution is -0.0392. The van der Waals surface area contributed by atoms with E-state index >= 15 is 0 Å². The highest BCUT2D eigenvalue weighted by atomic mass is 16.5. The van der Waals surface area contributed by atoms with Gasteiger partial charge in [0.1, 0.15) is 0 Å². The van der Waals surface area contributed by atoms with Crippen molar-refractivity contribution in [2.75, 3.05) is 26.4 Å². The van der Waals surface area contributed by atoms with E-state index < -0.39 is 0 Å². The largest absolute Gasteiger partial charge is 0.394 e. The van der Waals surface area contributed by atoms with Crippen LogP contribution >= 0.6 is 0 Å². The van der Waals surface area contributed by atoms with Crippen LogP contribution in [0.1, 0.15) is 20.3 Å². The molecule has 0 aromatic rings. The van der Waals surface area contributed by atoms with Gasteiger partial charge in [-0.15, -0.1) is 0 Å².